The molecule has 24 heavy (non-hydrogen) atoms. The molecule has 0 spiro atoms. The molecule has 0 fully saturated rings. The highest BCUT2D eigenvalue weighted by molar-refractivity contribution is 5.73. The Hall–Kier alpha value is -2.60. The number of aromatic nitrogens is 1. The van der Waals surface area contributed by atoms with Crippen molar-refractivity contribution in [2.24, 2.45) is 0 Å². The molecule has 0 bridgehead atoms. The first-order valence-corrected chi connectivity index (χ1v) is 7.92. The smallest absolute Gasteiger partial charge is 0.315 e. The van der Waals surface area contributed by atoms with Gasteiger partial charge in [-0.25, -0.2) is 9.78 Å². The van der Waals surface area contributed by atoms with E-state index in [1.165, 1.54) is 0 Å². The van der Waals surface area contributed by atoms with Gasteiger partial charge in [0, 0.05) is 25.4 Å². The number of amides is 2. The van der Waals surface area contributed by atoms with E-state index in [0.29, 0.717) is 19.0 Å². The van der Waals surface area contributed by atoms with Gasteiger partial charge >= 0.3 is 6.03 Å². The van der Waals surface area contributed by atoms with E-state index in [1.807, 2.05) is 44.2 Å². The number of aliphatic hydroxyl groups is 1. The van der Waals surface area contributed by atoms with E-state index in [0.717, 1.165) is 16.7 Å². The fourth-order valence-corrected chi connectivity index (χ4v) is 2.13. The summed E-state index contributed by atoms with van der Waals surface area (Å²) in [7, 11) is 0. The minimum Gasteiger partial charge on any atom is -0.478 e. The van der Waals surface area contributed by atoms with E-state index in [4.69, 9.17) is 4.74 Å². The molecule has 1 atom stereocenters. The van der Waals surface area contributed by atoms with Crippen LogP contribution in [0.5, 0.6) is 5.88 Å². The number of hydrogen-bond donors (Lipinski definition) is 3. The number of rotatable bonds is 7. The molecule has 2 rings (SSSR count). The maximum atomic E-state index is 11.8. The minimum atomic E-state index is -0.734. The Morgan fingerprint density at radius 3 is 2.71 bits per heavy atom. The van der Waals surface area contributed by atoms with Gasteiger partial charge in [-0.1, -0.05) is 29.8 Å². The molecule has 0 radical (unpaired) electrons. The summed E-state index contributed by atoms with van der Waals surface area (Å²) in [6, 6.07) is 10.8. The van der Waals surface area contributed by atoms with Gasteiger partial charge in [-0.15, -0.1) is 0 Å². The first-order chi connectivity index (χ1) is 11.6. The summed E-state index contributed by atoms with van der Waals surface area (Å²) in [6.07, 6.45) is 0.906. The molecule has 1 unspecified atom stereocenters. The van der Waals surface area contributed by atoms with Gasteiger partial charge in [-0.3, -0.25) is 0 Å². The lowest BCUT2D eigenvalue weighted by Crippen LogP contribution is -2.37. The highest BCUT2D eigenvalue weighted by Gasteiger charge is 2.09. The highest BCUT2D eigenvalue weighted by Crippen LogP contribution is 2.12. The van der Waals surface area contributed by atoms with Crippen molar-refractivity contribution in [3.8, 4) is 5.88 Å². The Morgan fingerprint density at radius 1 is 1.25 bits per heavy atom. The third kappa shape index (κ3) is 5.55. The number of aliphatic hydroxyl groups excluding tert-OH is 1. The average Bonchev–Trinajstić information content (AvgIpc) is 2.59. The quantitative estimate of drug-likeness (QED) is 0.728. The SMILES string of the molecule is CCOc1cc(CNC(=O)NCC(O)c2ccc(C)cc2)ccn1. The van der Waals surface area contributed by atoms with E-state index in [1.54, 1.807) is 12.3 Å². The molecule has 2 amide bonds. The summed E-state index contributed by atoms with van der Waals surface area (Å²) in [6.45, 7) is 4.92. The number of nitrogens with one attached hydrogen (secondary N) is 2. The maximum absolute atomic E-state index is 11.8. The predicted octanol–water partition coefficient (Wildman–Crippen LogP) is 2.32. The minimum absolute atomic E-state index is 0.148. The van der Waals surface area contributed by atoms with Crippen LogP contribution < -0.4 is 15.4 Å². The molecule has 1 aromatic heterocycles. The monoisotopic (exact) mass is 329 g/mol. The summed E-state index contributed by atoms with van der Waals surface area (Å²) in [4.78, 5) is 15.9. The number of carbonyl (C=O) groups excluding carboxylic acids is 1. The number of aryl methyl sites for hydroxylation is 1. The van der Waals surface area contributed by atoms with Crippen LogP contribution in [0.3, 0.4) is 0 Å². The Labute approximate surface area is 141 Å². The Morgan fingerprint density at radius 2 is 2.00 bits per heavy atom. The molecule has 0 aliphatic heterocycles. The van der Waals surface area contributed by atoms with Crippen molar-refractivity contribution in [1.82, 2.24) is 15.6 Å². The molecule has 0 aliphatic rings. The number of nitrogens with zero attached hydrogens (tertiary/aromatic N) is 1. The molecule has 1 heterocycles. The second-order valence-electron chi connectivity index (χ2n) is 5.43. The summed E-state index contributed by atoms with van der Waals surface area (Å²) in [5, 5.41) is 15.5. The first kappa shape index (κ1) is 17.7. The van der Waals surface area contributed by atoms with Crippen molar-refractivity contribution in [1.29, 1.82) is 0 Å². The number of ether oxygens (including phenoxy) is 1. The molecule has 6 heteroatoms. The number of benzene rings is 1. The lowest BCUT2D eigenvalue weighted by molar-refractivity contribution is 0.173. The number of carbonyl (C=O) groups is 1. The van der Waals surface area contributed by atoms with Crippen molar-refractivity contribution >= 4 is 6.03 Å². The molecule has 1 aromatic carbocycles. The van der Waals surface area contributed by atoms with E-state index in [2.05, 4.69) is 15.6 Å². The van der Waals surface area contributed by atoms with Crippen LogP contribution in [0.4, 0.5) is 4.79 Å². The topological polar surface area (TPSA) is 83.5 Å². The summed E-state index contributed by atoms with van der Waals surface area (Å²) >= 11 is 0. The molecular weight excluding hydrogens is 306 g/mol. The van der Waals surface area contributed by atoms with Crippen molar-refractivity contribution in [2.45, 2.75) is 26.5 Å². The molecule has 3 N–H and O–H groups in total. The fourth-order valence-electron chi connectivity index (χ4n) is 2.13. The van der Waals surface area contributed by atoms with Gasteiger partial charge in [0.25, 0.3) is 0 Å². The van der Waals surface area contributed by atoms with Crippen molar-refractivity contribution in [3.63, 3.8) is 0 Å². The van der Waals surface area contributed by atoms with E-state index in [9.17, 15) is 9.90 Å². The summed E-state index contributed by atoms with van der Waals surface area (Å²) in [5.74, 6) is 0.534. The average molecular weight is 329 g/mol. The van der Waals surface area contributed by atoms with Gasteiger partial charge in [0.05, 0.1) is 12.7 Å². The van der Waals surface area contributed by atoms with E-state index < -0.39 is 6.10 Å². The number of urea groups is 1. The standard InChI is InChI=1S/C18H23N3O3/c1-3-24-17-10-14(8-9-19-17)11-20-18(23)21-12-16(22)15-6-4-13(2)5-7-15/h4-10,16,22H,3,11-12H2,1-2H3,(H2,20,21,23). The number of hydrogen-bond acceptors (Lipinski definition) is 4. The summed E-state index contributed by atoms with van der Waals surface area (Å²) in [5.41, 5.74) is 2.79. The molecule has 128 valence electrons. The van der Waals surface area contributed by atoms with Crippen LogP contribution in [0.1, 0.15) is 29.7 Å². The molecule has 6 nitrogen and oxygen atoms in total. The van der Waals surface area contributed by atoms with Crippen LogP contribution in [0.2, 0.25) is 0 Å². The van der Waals surface area contributed by atoms with Gasteiger partial charge in [-0.05, 0) is 31.0 Å². The Bertz CT molecular complexity index is 659. The summed E-state index contributed by atoms with van der Waals surface area (Å²) < 4.78 is 5.32. The second-order valence-corrected chi connectivity index (χ2v) is 5.43. The van der Waals surface area contributed by atoms with Crippen molar-refractivity contribution in [3.05, 3.63) is 59.3 Å². The molecular formula is C18H23N3O3. The molecule has 0 aliphatic carbocycles. The maximum Gasteiger partial charge on any atom is 0.315 e. The lowest BCUT2D eigenvalue weighted by Gasteiger charge is -2.13. The van der Waals surface area contributed by atoms with Gasteiger partial charge in [0.2, 0.25) is 5.88 Å². The highest BCUT2D eigenvalue weighted by atomic mass is 16.5. The zero-order valence-corrected chi connectivity index (χ0v) is 14.0. The van der Waals surface area contributed by atoms with Crippen LogP contribution in [-0.2, 0) is 6.54 Å². The Kier molecular flexibility index (Phi) is 6.57. The van der Waals surface area contributed by atoms with Crippen LogP contribution in [0, 0.1) is 6.92 Å². The zero-order chi connectivity index (χ0) is 17.4. The lowest BCUT2D eigenvalue weighted by atomic mass is 10.1. The van der Waals surface area contributed by atoms with Crippen LogP contribution in [-0.4, -0.2) is 29.3 Å². The van der Waals surface area contributed by atoms with Crippen LogP contribution in [0.25, 0.3) is 0 Å². The number of pyridine rings is 1. The van der Waals surface area contributed by atoms with Gasteiger partial charge in [0.1, 0.15) is 0 Å². The van der Waals surface area contributed by atoms with Crippen LogP contribution in [0.15, 0.2) is 42.6 Å². The molecule has 0 saturated carbocycles. The van der Waals surface area contributed by atoms with Gasteiger partial charge in [0.15, 0.2) is 0 Å². The van der Waals surface area contributed by atoms with Crippen LogP contribution >= 0.6 is 0 Å². The van der Waals surface area contributed by atoms with Crippen molar-refractivity contribution < 1.29 is 14.6 Å². The largest absolute Gasteiger partial charge is 0.478 e. The van der Waals surface area contributed by atoms with E-state index in [-0.39, 0.29) is 12.6 Å². The molecule has 2 aromatic rings. The predicted molar refractivity (Wildman–Crippen MR) is 91.8 cm³/mol. The zero-order valence-electron chi connectivity index (χ0n) is 14.0. The van der Waals surface area contributed by atoms with Gasteiger partial charge < -0.3 is 20.5 Å². The van der Waals surface area contributed by atoms with Gasteiger partial charge in [-0.2, -0.15) is 0 Å². The third-order valence-corrected chi connectivity index (χ3v) is 3.46. The van der Waals surface area contributed by atoms with Crippen molar-refractivity contribution in [2.75, 3.05) is 13.2 Å². The second kappa shape index (κ2) is 8.88. The third-order valence-electron chi connectivity index (χ3n) is 3.46. The molecule has 0 saturated heterocycles. The Balaban J connectivity index is 1.77. The fraction of sp³-hybridized carbons (Fsp3) is 0.333. The normalized spacial score (nSPS) is 11.6. The van der Waals surface area contributed by atoms with E-state index >= 15 is 0 Å². The first-order valence-electron chi connectivity index (χ1n) is 7.92.